The van der Waals surface area contributed by atoms with Gasteiger partial charge < -0.3 is 5.32 Å². The number of hydrogen-bond donors (Lipinski definition) is 1. The highest BCUT2D eigenvalue weighted by molar-refractivity contribution is 9.10. The van der Waals surface area contributed by atoms with Crippen molar-refractivity contribution in [3.8, 4) is 0 Å². The lowest BCUT2D eigenvalue weighted by atomic mass is 10.1. The lowest BCUT2D eigenvalue weighted by molar-refractivity contribution is -0.119. The quantitative estimate of drug-likeness (QED) is 0.786. The molecule has 1 amide bonds. The number of thioether (sulfide) groups is 1. The molecule has 0 aliphatic heterocycles. The van der Waals surface area contributed by atoms with Crippen molar-refractivity contribution in [2.75, 3.05) is 5.75 Å². The van der Waals surface area contributed by atoms with Gasteiger partial charge in [-0.2, -0.15) is 0 Å². The average Bonchev–Trinajstić information content (AvgIpc) is 2.69. The Hall–Kier alpha value is -0.480. The van der Waals surface area contributed by atoms with Crippen LogP contribution in [0, 0.1) is 0 Å². The van der Waals surface area contributed by atoms with Crippen LogP contribution in [0.25, 0.3) is 0 Å². The molecule has 1 aromatic rings. The Bertz CT molecular complexity index is 430. The van der Waals surface area contributed by atoms with Gasteiger partial charge in [0.2, 0.25) is 5.91 Å². The van der Waals surface area contributed by atoms with Gasteiger partial charge in [0, 0.05) is 16.3 Å². The number of benzene rings is 1. The topological polar surface area (TPSA) is 29.1 Å². The summed E-state index contributed by atoms with van der Waals surface area (Å²) in [4.78, 5) is 12.0. The maximum Gasteiger partial charge on any atom is 0.230 e. The zero-order valence-electron chi connectivity index (χ0n) is 11.7. The molecule has 20 heavy (non-hydrogen) atoms. The zero-order chi connectivity index (χ0) is 14.2. The molecule has 0 spiro atoms. The Morgan fingerprint density at radius 2 is 1.90 bits per heavy atom. The van der Waals surface area contributed by atoms with Crippen LogP contribution < -0.4 is 5.32 Å². The first-order valence-corrected chi connectivity index (χ1v) is 9.31. The van der Waals surface area contributed by atoms with Crippen LogP contribution in [0.3, 0.4) is 0 Å². The van der Waals surface area contributed by atoms with E-state index in [0.717, 1.165) is 23.1 Å². The van der Waals surface area contributed by atoms with Crippen molar-refractivity contribution in [1.29, 1.82) is 0 Å². The van der Waals surface area contributed by atoms with Crippen LogP contribution in [0.2, 0.25) is 0 Å². The molecule has 1 N–H and O–H groups in total. The largest absolute Gasteiger partial charge is 0.353 e. The fraction of sp³-hybridized carbons (Fsp3) is 0.562. The predicted molar refractivity (Wildman–Crippen MR) is 89.9 cm³/mol. The fourth-order valence-corrected chi connectivity index (χ4v) is 4.02. The number of halogens is 1. The van der Waals surface area contributed by atoms with E-state index in [1.165, 1.54) is 31.2 Å². The molecule has 0 radical (unpaired) electrons. The highest BCUT2D eigenvalue weighted by atomic mass is 79.9. The van der Waals surface area contributed by atoms with Gasteiger partial charge >= 0.3 is 0 Å². The lowest BCUT2D eigenvalue weighted by Gasteiger charge is -2.16. The number of carbonyl (C=O) groups excluding carboxylic acids is 1. The summed E-state index contributed by atoms with van der Waals surface area (Å²) in [7, 11) is 0. The molecule has 2 nitrogen and oxygen atoms in total. The third-order valence-electron chi connectivity index (χ3n) is 3.67. The molecular formula is C16H22BrNOS. The van der Waals surface area contributed by atoms with E-state index in [1.807, 2.05) is 18.2 Å². The second-order valence-corrected chi connectivity index (χ2v) is 7.18. The third-order valence-corrected chi connectivity index (χ3v) is 5.42. The van der Waals surface area contributed by atoms with E-state index in [1.54, 1.807) is 11.8 Å². The van der Waals surface area contributed by atoms with Crippen LogP contribution in [0.1, 0.15) is 44.1 Å². The summed E-state index contributed by atoms with van der Waals surface area (Å²) in [5, 5.41) is 3.19. The molecule has 1 aliphatic rings. The SMILES string of the molecule is O=C(CSCc1ccccc1Br)NC1CCCCCC1. The Balaban J connectivity index is 1.68. The van der Waals surface area contributed by atoms with E-state index in [4.69, 9.17) is 0 Å². The van der Waals surface area contributed by atoms with Crippen molar-refractivity contribution >= 4 is 33.6 Å². The van der Waals surface area contributed by atoms with Gasteiger partial charge in [-0.25, -0.2) is 0 Å². The van der Waals surface area contributed by atoms with Crippen LogP contribution in [0.4, 0.5) is 0 Å². The maximum absolute atomic E-state index is 12.0. The number of amides is 1. The molecule has 2 rings (SSSR count). The molecule has 0 unspecified atom stereocenters. The second-order valence-electron chi connectivity index (χ2n) is 5.34. The van der Waals surface area contributed by atoms with E-state index in [-0.39, 0.29) is 5.91 Å². The number of nitrogens with one attached hydrogen (secondary N) is 1. The third kappa shape index (κ3) is 5.49. The van der Waals surface area contributed by atoms with Gasteiger partial charge in [-0.05, 0) is 24.5 Å². The number of hydrogen-bond acceptors (Lipinski definition) is 2. The molecule has 0 atom stereocenters. The number of rotatable bonds is 5. The van der Waals surface area contributed by atoms with Crippen molar-refractivity contribution in [2.45, 2.75) is 50.3 Å². The van der Waals surface area contributed by atoms with E-state index >= 15 is 0 Å². The first kappa shape index (κ1) is 15.9. The van der Waals surface area contributed by atoms with E-state index in [2.05, 4.69) is 27.3 Å². The standard InChI is InChI=1S/C16H22BrNOS/c17-15-10-6-5-7-13(15)11-20-12-16(19)18-14-8-3-1-2-4-9-14/h5-7,10,14H,1-4,8-9,11-12H2,(H,18,19). The van der Waals surface area contributed by atoms with Crippen molar-refractivity contribution in [3.63, 3.8) is 0 Å². The molecule has 0 bridgehead atoms. The summed E-state index contributed by atoms with van der Waals surface area (Å²) >= 11 is 5.22. The summed E-state index contributed by atoms with van der Waals surface area (Å²) < 4.78 is 1.12. The Kier molecular flexibility index (Phi) is 6.94. The van der Waals surface area contributed by atoms with E-state index in [0.29, 0.717) is 11.8 Å². The van der Waals surface area contributed by atoms with Crippen molar-refractivity contribution in [1.82, 2.24) is 5.32 Å². The molecule has 0 aromatic heterocycles. The minimum Gasteiger partial charge on any atom is -0.353 e. The van der Waals surface area contributed by atoms with Crippen molar-refractivity contribution in [3.05, 3.63) is 34.3 Å². The molecule has 1 aliphatic carbocycles. The Labute approximate surface area is 134 Å². The van der Waals surface area contributed by atoms with Gasteiger partial charge in [0.25, 0.3) is 0 Å². The minimum absolute atomic E-state index is 0.189. The molecule has 1 aromatic carbocycles. The molecule has 4 heteroatoms. The highest BCUT2D eigenvalue weighted by Crippen LogP contribution is 2.21. The van der Waals surface area contributed by atoms with Crippen molar-refractivity contribution in [2.24, 2.45) is 0 Å². The predicted octanol–water partition coefficient (Wildman–Crippen LogP) is 4.52. The Morgan fingerprint density at radius 1 is 1.20 bits per heavy atom. The zero-order valence-corrected chi connectivity index (χ0v) is 14.1. The maximum atomic E-state index is 12.0. The molecule has 0 heterocycles. The summed E-state index contributed by atoms with van der Waals surface area (Å²) in [6, 6.07) is 8.60. The van der Waals surface area contributed by atoms with Crippen LogP contribution in [-0.2, 0) is 10.5 Å². The van der Waals surface area contributed by atoms with Gasteiger partial charge in [-0.15, -0.1) is 11.8 Å². The molecule has 1 fully saturated rings. The lowest BCUT2D eigenvalue weighted by Crippen LogP contribution is -2.35. The Morgan fingerprint density at radius 3 is 2.60 bits per heavy atom. The van der Waals surface area contributed by atoms with E-state index in [9.17, 15) is 4.79 Å². The molecular weight excluding hydrogens is 334 g/mol. The monoisotopic (exact) mass is 355 g/mol. The van der Waals surface area contributed by atoms with E-state index < -0.39 is 0 Å². The first-order chi connectivity index (χ1) is 9.75. The molecule has 1 saturated carbocycles. The van der Waals surface area contributed by atoms with Gasteiger partial charge in [0.1, 0.15) is 0 Å². The second kappa shape index (κ2) is 8.73. The van der Waals surface area contributed by atoms with Crippen LogP contribution >= 0.6 is 27.7 Å². The number of carbonyl (C=O) groups is 1. The average molecular weight is 356 g/mol. The summed E-state index contributed by atoms with van der Waals surface area (Å²) in [5.74, 6) is 1.62. The minimum atomic E-state index is 0.189. The first-order valence-electron chi connectivity index (χ1n) is 7.36. The van der Waals surface area contributed by atoms with Gasteiger partial charge in [-0.3, -0.25) is 4.79 Å². The summed E-state index contributed by atoms with van der Waals surface area (Å²) in [6.07, 6.45) is 7.47. The van der Waals surface area contributed by atoms with Gasteiger partial charge in [-0.1, -0.05) is 59.8 Å². The van der Waals surface area contributed by atoms with Gasteiger partial charge in [0.15, 0.2) is 0 Å². The van der Waals surface area contributed by atoms with Crippen LogP contribution in [0.5, 0.6) is 0 Å². The smallest absolute Gasteiger partial charge is 0.230 e. The highest BCUT2D eigenvalue weighted by Gasteiger charge is 2.14. The molecule has 0 saturated heterocycles. The fourth-order valence-electron chi connectivity index (χ4n) is 2.56. The normalized spacial score (nSPS) is 16.6. The summed E-state index contributed by atoms with van der Waals surface area (Å²) in [6.45, 7) is 0. The molecule has 110 valence electrons. The van der Waals surface area contributed by atoms with Crippen molar-refractivity contribution < 1.29 is 4.79 Å². The summed E-state index contributed by atoms with van der Waals surface area (Å²) in [5.41, 5.74) is 1.25. The van der Waals surface area contributed by atoms with Gasteiger partial charge in [0.05, 0.1) is 5.75 Å². The van der Waals surface area contributed by atoms with Crippen LogP contribution in [-0.4, -0.2) is 17.7 Å². The van der Waals surface area contributed by atoms with Crippen LogP contribution in [0.15, 0.2) is 28.7 Å².